The first kappa shape index (κ1) is 16.9. The van der Waals surface area contributed by atoms with Gasteiger partial charge in [-0.05, 0) is 42.3 Å². The van der Waals surface area contributed by atoms with E-state index in [1.807, 2.05) is 30.3 Å². The van der Waals surface area contributed by atoms with Gasteiger partial charge in [-0.3, -0.25) is 4.79 Å². The molecule has 0 unspecified atom stereocenters. The largest absolute Gasteiger partial charge is 0.405 e. The van der Waals surface area contributed by atoms with Crippen molar-refractivity contribution in [2.75, 3.05) is 0 Å². The summed E-state index contributed by atoms with van der Waals surface area (Å²) in [5.74, 6) is 0.219. The van der Waals surface area contributed by atoms with Crippen LogP contribution in [0.15, 0.2) is 61.3 Å². The van der Waals surface area contributed by atoms with E-state index in [-0.39, 0.29) is 17.5 Å². The molecule has 0 amide bonds. The minimum Gasteiger partial charge on any atom is -0.405 e. The van der Waals surface area contributed by atoms with Crippen LogP contribution in [0.25, 0.3) is 11.1 Å². The van der Waals surface area contributed by atoms with Crippen LogP contribution in [0.1, 0.15) is 36.0 Å². The predicted octanol–water partition coefficient (Wildman–Crippen LogP) is 4.95. The smallest absolute Gasteiger partial charge is 0.165 e. The average molecular weight is 311 g/mol. The van der Waals surface area contributed by atoms with E-state index in [0.717, 1.165) is 42.4 Å². The third-order valence-electron chi connectivity index (χ3n) is 4.05. The number of hydrogen-bond acceptors (Lipinski definition) is 2. The molecule has 2 aromatic rings. The molecule has 2 N–H and O–H groups in total. The molecule has 23 heavy (non-hydrogen) atoms. The molecule has 1 fully saturated rings. The molecule has 0 saturated heterocycles. The van der Waals surface area contributed by atoms with Gasteiger partial charge in [0.25, 0.3) is 0 Å². The number of Topliss-reactive ketones (excluding diaryl/α,β-unsaturated/α-hetero) is 1. The summed E-state index contributed by atoms with van der Waals surface area (Å²) in [4.78, 5) is 12.3. The van der Waals surface area contributed by atoms with Crippen molar-refractivity contribution in [2.45, 2.75) is 25.7 Å². The minimum atomic E-state index is -0.242. The topological polar surface area (TPSA) is 43.1 Å². The van der Waals surface area contributed by atoms with Crippen LogP contribution >= 0.6 is 0 Å². The highest BCUT2D eigenvalue weighted by molar-refractivity contribution is 5.98. The van der Waals surface area contributed by atoms with Crippen LogP contribution in [0.4, 0.5) is 4.39 Å². The highest BCUT2D eigenvalue weighted by Gasteiger charge is 2.23. The Morgan fingerprint density at radius 3 is 2.26 bits per heavy atom. The quantitative estimate of drug-likeness (QED) is 0.815. The number of halogens is 1. The molecule has 2 nitrogen and oxygen atoms in total. The Hall–Kier alpha value is -2.42. The number of carbonyl (C=O) groups excluding carboxylic acids is 1. The highest BCUT2D eigenvalue weighted by Crippen LogP contribution is 2.29. The van der Waals surface area contributed by atoms with Crippen LogP contribution in [0.5, 0.6) is 0 Å². The SMILES string of the molecule is C=CN.O=C(c1ccc(-c2cccc(F)c2)cc1)C1CCCC1. The second kappa shape index (κ2) is 8.28. The molecule has 3 rings (SSSR count). The summed E-state index contributed by atoms with van der Waals surface area (Å²) in [5, 5.41) is 0. The Morgan fingerprint density at radius 2 is 1.70 bits per heavy atom. The number of carbonyl (C=O) groups is 1. The van der Waals surface area contributed by atoms with Gasteiger partial charge in [0, 0.05) is 11.5 Å². The summed E-state index contributed by atoms with van der Waals surface area (Å²) in [6, 6.07) is 14.0. The maximum atomic E-state index is 13.2. The van der Waals surface area contributed by atoms with E-state index in [9.17, 15) is 9.18 Å². The van der Waals surface area contributed by atoms with Crippen LogP contribution < -0.4 is 5.73 Å². The maximum Gasteiger partial charge on any atom is 0.165 e. The van der Waals surface area contributed by atoms with Gasteiger partial charge in [0.05, 0.1) is 0 Å². The maximum absolute atomic E-state index is 13.2. The molecule has 0 spiro atoms. The number of hydrogen-bond donors (Lipinski definition) is 1. The van der Waals surface area contributed by atoms with Gasteiger partial charge >= 0.3 is 0 Å². The molecule has 3 heteroatoms. The van der Waals surface area contributed by atoms with E-state index in [0.29, 0.717) is 0 Å². The van der Waals surface area contributed by atoms with Crippen LogP contribution in [0.3, 0.4) is 0 Å². The zero-order chi connectivity index (χ0) is 16.7. The van der Waals surface area contributed by atoms with Gasteiger partial charge in [-0.1, -0.05) is 55.8 Å². The van der Waals surface area contributed by atoms with E-state index in [2.05, 4.69) is 12.3 Å². The molecule has 0 aromatic heterocycles. The molecule has 0 atom stereocenters. The summed E-state index contributed by atoms with van der Waals surface area (Å²) < 4.78 is 13.2. The van der Waals surface area contributed by atoms with Gasteiger partial charge in [0.15, 0.2) is 5.78 Å². The van der Waals surface area contributed by atoms with Crippen molar-refractivity contribution in [2.24, 2.45) is 11.7 Å². The normalized spacial score (nSPS) is 14.0. The van der Waals surface area contributed by atoms with Gasteiger partial charge in [0.2, 0.25) is 0 Å². The number of ketones is 1. The molecule has 0 aliphatic heterocycles. The van der Waals surface area contributed by atoms with Gasteiger partial charge < -0.3 is 5.73 Å². The Morgan fingerprint density at radius 1 is 1.09 bits per heavy atom. The Balaban J connectivity index is 0.000000595. The van der Waals surface area contributed by atoms with Crippen molar-refractivity contribution in [3.05, 3.63) is 72.7 Å². The Labute approximate surface area is 136 Å². The zero-order valence-corrected chi connectivity index (χ0v) is 13.2. The fourth-order valence-corrected chi connectivity index (χ4v) is 2.92. The lowest BCUT2D eigenvalue weighted by Gasteiger charge is -2.09. The highest BCUT2D eigenvalue weighted by atomic mass is 19.1. The van der Waals surface area contributed by atoms with Crippen molar-refractivity contribution < 1.29 is 9.18 Å². The number of rotatable bonds is 3. The third kappa shape index (κ3) is 4.52. The van der Waals surface area contributed by atoms with Crippen molar-refractivity contribution in [3.63, 3.8) is 0 Å². The van der Waals surface area contributed by atoms with E-state index in [1.165, 1.54) is 18.3 Å². The first-order chi connectivity index (χ1) is 11.2. The molecule has 1 aliphatic carbocycles. The van der Waals surface area contributed by atoms with Crippen molar-refractivity contribution in [1.29, 1.82) is 0 Å². The summed E-state index contributed by atoms with van der Waals surface area (Å²) in [6.07, 6.45) is 5.62. The molecule has 0 bridgehead atoms. The average Bonchev–Trinajstić information content (AvgIpc) is 3.10. The standard InChI is InChI=1S/C18H17FO.C2H5N/c19-17-7-3-6-16(12-17)13-8-10-15(11-9-13)18(20)14-4-1-2-5-14;1-2-3/h3,6-12,14H,1-2,4-5H2;2H,1,3H2. The zero-order valence-electron chi connectivity index (χ0n) is 13.2. The van der Waals surface area contributed by atoms with Crippen LogP contribution in [-0.2, 0) is 0 Å². The van der Waals surface area contributed by atoms with Gasteiger partial charge in [0.1, 0.15) is 5.82 Å². The van der Waals surface area contributed by atoms with Gasteiger partial charge in [-0.25, -0.2) is 4.39 Å². The summed E-state index contributed by atoms with van der Waals surface area (Å²) >= 11 is 0. The summed E-state index contributed by atoms with van der Waals surface area (Å²) in [6.45, 7) is 3.14. The molecule has 120 valence electrons. The molecule has 0 radical (unpaired) electrons. The second-order valence-electron chi connectivity index (χ2n) is 5.67. The first-order valence-corrected chi connectivity index (χ1v) is 7.88. The van der Waals surface area contributed by atoms with E-state index < -0.39 is 0 Å². The lowest BCUT2D eigenvalue weighted by molar-refractivity contribution is 0.0923. The lowest BCUT2D eigenvalue weighted by atomic mass is 9.94. The summed E-state index contributed by atoms with van der Waals surface area (Å²) in [7, 11) is 0. The number of benzene rings is 2. The molecule has 2 aromatic carbocycles. The van der Waals surface area contributed by atoms with Crippen LogP contribution in [-0.4, -0.2) is 5.78 Å². The van der Waals surface area contributed by atoms with E-state index in [1.54, 1.807) is 6.07 Å². The second-order valence-corrected chi connectivity index (χ2v) is 5.67. The molecule has 1 saturated carbocycles. The van der Waals surface area contributed by atoms with Crippen LogP contribution in [0.2, 0.25) is 0 Å². The van der Waals surface area contributed by atoms with Crippen LogP contribution in [0, 0.1) is 11.7 Å². The van der Waals surface area contributed by atoms with Crippen molar-refractivity contribution >= 4 is 5.78 Å². The monoisotopic (exact) mass is 311 g/mol. The Kier molecular flexibility index (Phi) is 6.10. The fourth-order valence-electron chi connectivity index (χ4n) is 2.92. The molecule has 0 heterocycles. The molecular weight excluding hydrogens is 289 g/mol. The molecule has 1 aliphatic rings. The van der Waals surface area contributed by atoms with Gasteiger partial charge in [-0.2, -0.15) is 0 Å². The van der Waals surface area contributed by atoms with E-state index >= 15 is 0 Å². The lowest BCUT2D eigenvalue weighted by Crippen LogP contribution is -2.10. The van der Waals surface area contributed by atoms with Crippen molar-refractivity contribution in [3.8, 4) is 11.1 Å². The third-order valence-corrected chi connectivity index (χ3v) is 4.05. The first-order valence-electron chi connectivity index (χ1n) is 7.88. The predicted molar refractivity (Wildman–Crippen MR) is 92.5 cm³/mol. The molecular formula is C20H22FNO. The minimum absolute atomic E-state index is 0.204. The summed E-state index contributed by atoms with van der Waals surface area (Å²) in [5.41, 5.74) is 7.16. The van der Waals surface area contributed by atoms with E-state index in [4.69, 9.17) is 0 Å². The number of nitrogens with two attached hydrogens (primary N) is 1. The van der Waals surface area contributed by atoms with Gasteiger partial charge in [-0.15, -0.1) is 0 Å². The van der Waals surface area contributed by atoms with Crippen molar-refractivity contribution in [1.82, 2.24) is 0 Å². The Bertz CT molecular complexity index is 658. The fraction of sp³-hybridized carbons (Fsp3) is 0.250.